The van der Waals surface area contributed by atoms with E-state index in [1.165, 1.54) is 0 Å². The average Bonchev–Trinajstić information content (AvgIpc) is 2.58. The van der Waals surface area contributed by atoms with E-state index in [9.17, 15) is 0 Å². The lowest BCUT2D eigenvalue weighted by atomic mass is 10.1. The maximum Gasteiger partial charge on any atom is 0.191 e. The number of piperidine rings is 1. The lowest BCUT2D eigenvalue weighted by molar-refractivity contribution is 0.426. The van der Waals surface area contributed by atoms with Crippen molar-refractivity contribution in [3.8, 4) is 0 Å². The highest BCUT2D eigenvalue weighted by atomic mass is 15.2. The van der Waals surface area contributed by atoms with Gasteiger partial charge in [0.05, 0.1) is 0 Å². The highest BCUT2D eigenvalue weighted by Crippen LogP contribution is 2.17. The van der Waals surface area contributed by atoms with Gasteiger partial charge in [0.15, 0.2) is 5.96 Å². The van der Waals surface area contributed by atoms with E-state index in [0.29, 0.717) is 6.04 Å². The van der Waals surface area contributed by atoms with E-state index in [0.717, 1.165) is 50.8 Å². The van der Waals surface area contributed by atoms with Gasteiger partial charge in [-0.25, -0.2) is 4.98 Å². The van der Waals surface area contributed by atoms with Gasteiger partial charge in [-0.15, -0.1) is 0 Å². The van der Waals surface area contributed by atoms with Crippen LogP contribution in [0.15, 0.2) is 29.4 Å². The molecule has 2 heterocycles. The lowest BCUT2D eigenvalue weighted by Gasteiger charge is -2.33. The summed E-state index contributed by atoms with van der Waals surface area (Å²) in [5, 5.41) is 10.4. The third-order valence-corrected chi connectivity index (χ3v) is 4.11. The van der Waals surface area contributed by atoms with Gasteiger partial charge in [0, 0.05) is 51.0 Å². The topological polar surface area (TPSA) is 64.6 Å². The number of aromatic nitrogens is 1. The molecule has 1 aliphatic heterocycles. The first kappa shape index (κ1) is 18.5. The standard InChI is InChI=1S/C18H32N6/c1-18(2,3)22-12-11-21-17(19-4)23-15-8-13-24(14-9-15)16-7-5-6-10-20-16/h5-7,10,15,22H,8-9,11-14H2,1-4H3,(H2,19,21,23). The molecule has 6 heteroatoms. The Kier molecular flexibility index (Phi) is 6.85. The van der Waals surface area contributed by atoms with Crippen molar-refractivity contribution in [2.75, 3.05) is 38.1 Å². The number of nitrogens with one attached hydrogen (secondary N) is 3. The molecule has 0 unspecified atom stereocenters. The van der Waals surface area contributed by atoms with E-state index in [4.69, 9.17) is 0 Å². The number of hydrogen-bond acceptors (Lipinski definition) is 4. The minimum atomic E-state index is 0.150. The van der Waals surface area contributed by atoms with Gasteiger partial charge in [0.2, 0.25) is 0 Å². The van der Waals surface area contributed by atoms with Crippen LogP contribution in [0.5, 0.6) is 0 Å². The van der Waals surface area contributed by atoms with Gasteiger partial charge in [-0.3, -0.25) is 4.99 Å². The summed E-state index contributed by atoms with van der Waals surface area (Å²) in [5.74, 6) is 1.97. The second kappa shape index (κ2) is 8.87. The summed E-state index contributed by atoms with van der Waals surface area (Å²) in [6.45, 7) is 10.4. The zero-order valence-corrected chi connectivity index (χ0v) is 15.5. The Bertz CT molecular complexity index is 500. The first-order valence-electron chi connectivity index (χ1n) is 8.86. The molecule has 1 aliphatic rings. The predicted octanol–water partition coefficient (Wildman–Crippen LogP) is 1.60. The molecule has 2 rings (SSSR count). The minimum absolute atomic E-state index is 0.150. The maximum absolute atomic E-state index is 4.44. The van der Waals surface area contributed by atoms with Gasteiger partial charge in [-0.1, -0.05) is 6.07 Å². The third-order valence-electron chi connectivity index (χ3n) is 4.11. The van der Waals surface area contributed by atoms with Crippen LogP contribution in [0, 0.1) is 0 Å². The Labute approximate surface area is 146 Å². The Hall–Kier alpha value is -1.82. The van der Waals surface area contributed by atoms with Gasteiger partial charge >= 0.3 is 0 Å². The third kappa shape index (κ3) is 6.35. The van der Waals surface area contributed by atoms with Crippen LogP contribution in [-0.4, -0.2) is 55.8 Å². The van der Waals surface area contributed by atoms with Crippen LogP contribution in [0.4, 0.5) is 5.82 Å². The van der Waals surface area contributed by atoms with Gasteiger partial charge in [-0.05, 0) is 45.7 Å². The van der Waals surface area contributed by atoms with E-state index in [2.05, 4.69) is 57.7 Å². The van der Waals surface area contributed by atoms with Gasteiger partial charge in [0.1, 0.15) is 5.82 Å². The number of guanidine groups is 1. The zero-order valence-electron chi connectivity index (χ0n) is 15.5. The lowest BCUT2D eigenvalue weighted by Crippen LogP contribution is -2.50. The van der Waals surface area contributed by atoms with Gasteiger partial charge < -0.3 is 20.9 Å². The first-order valence-corrected chi connectivity index (χ1v) is 8.86. The molecule has 0 saturated carbocycles. The number of pyridine rings is 1. The molecular formula is C18H32N6. The summed E-state index contributed by atoms with van der Waals surface area (Å²) in [7, 11) is 1.83. The molecule has 0 spiro atoms. The van der Waals surface area contributed by atoms with E-state index in [-0.39, 0.29) is 5.54 Å². The van der Waals surface area contributed by atoms with Crippen molar-refractivity contribution in [2.45, 2.75) is 45.2 Å². The number of hydrogen-bond donors (Lipinski definition) is 3. The summed E-state index contributed by atoms with van der Waals surface area (Å²) in [4.78, 5) is 11.1. The number of aliphatic imine (C=N–C) groups is 1. The number of nitrogens with zero attached hydrogens (tertiary/aromatic N) is 3. The summed E-state index contributed by atoms with van der Waals surface area (Å²) >= 11 is 0. The SMILES string of the molecule is CN=C(NCCNC(C)(C)C)NC1CCN(c2ccccn2)CC1. The summed E-state index contributed by atoms with van der Waals surface area (Å²) in [6.07, 6.45) is 4.05. The highest BCUT2D eigenvalue weighted by molar-refractivity contribution is 5.80. The summed E-state index contributed by atoms with van der Waals surface area (Å²) < 4.78 is 0. The van der Waals surface area contributed by atoms with Crippen molar-refractivity contribution in [1.82, 2.24) is 20.9 Å². The molecule has 1 fully saturated rings. The molecule has 0 radical (unpaired) electrons. The highest BCUT2D eigenvalue weighted by Gasteiger charge is 2.20. The largest absolute Gasteiger partial charge is 0.356 e. The molecule has 0 aliphatic carbocycles. The molecule has 0 bridgehead atoms. The van der Waals surface area contributed by atoms with E-state index < -0.39 is 0 Å². The first-order chi connectivity index (χ1) is 11.5. The fourth-order valence-corrected chi connectivity index (χ4v) is 2.80. The van der Waals surface area contributed by atoms with Crippen LogP contribution < -0.4 is 20.9 Å². The Morgan fingerprint density at radius 2 is 2.00 bits per heavy atom. The second-order valence-electron chi connectivity index (χ2n) is 7.27. The predicted molar refractivity (Wildman–Crippen MR) is 102 cm³/mol. The molecule has 0 aromatic carbocycles. The Balaban J connectivity index is 1.70. The average molecular weight is 332 g/mol. The molecule has 1 saturated heterocycles. The van der Waals surface area contributed by atoms with Crippen molar-refractivity contribution < 1.29 is 0 Å². The molecule has 0 atom stereocenters. The van der Waals surface area contributed by atoms with Crippen LogP contribution >= 0.6 is 0 Å². The van der Waals surface area contributed by atoms with Crippen molar-refractivity contribution in [2.24, 2.45) is 4.99 Å². The van der Waals surface area contributed by atoms with Crippen molar-refractivity contribution in [3.05, 3.63) is 24.4 Å². The fourth-order valence-electron chi connectivity index (χ4n) is 2.80. The van der Waals surface area contributed by atoms with Crippen molar-refractivity contribution in [3.63, 3.8) is 0 Å². The summed E-state index contributed by atoms with van der Waals surface area (Å²) in [5.41, 5.74) is 0.150. The Morgan fingerprint density at radius 1 is 1.25 bits per heavy atom. The molecule has 1 aromatic heterocycles. The van der Waals surface area contributed by atoms with E-state index in [1.807, 2.05) is 25.4 Å². The number of rotatable bonds is 5. The minimum Gasteiger partial charge on any atom is -0.356 e. The molecule has 6 nitrogen and oxygen atoms in total. The molecule has 24 heavy (non-hydrogen) atoms. The second-order valence-corrected chi connectivity index (χ2v) is 7.27. The van der Waals surface area contributed by atoms with Crippen LogP contribution in [-0.2, 0) is 0 Å². The molecule has 0 amide bonds. The van der Waals surface area contributed by atoms with Crippen LogP contribution in [0.25, 0.3) is 0 Å². The Morgan fingerprint density at radius 3 is 2.58 bits per heavy atom. The molecule has 134 valence electrons. The number of anilines is 1. The van der Waals surface area contributed by atoms with Crippen LogP contribution in [0.1, 0.15) is 33.6 Å². The van der Waals surface area contributed by atoms with Crippen molar-refractivity contribution >= 4 is 11.8 Å². The quantitative estimate of drug-likeness (QED) is 0.434. The molecule has 3 N–H and O–H groups in total. The smallest absolute Gasteiger partial charge is 0.191 e. The van der Waals surface area contributed by atoms with E-state index in [1.54, 1.807) is 0 Å². The van der Waals surface area contributed by atoms with Gasteiger partial charge in [0.25, 0.3) is 0 Å². The van der Waals surface area contributed by atoms with E-state index >= 15 is 0 Å². The molecule has 1 aromatic rings. The summed E-state index contributed by atoms with van der Waals surface area (Å²) in [6, 6.07) is 6.55. The maximum atomic E-state index is 4.44. The van der Waals surface area contributed by atoms with Crippen molar-refractivity contribution in [1.29, 1.82) is 0 Å². The fraction of sp³-hybridized carbons (Fsp3) is 0.667. The molecular weight excluding hydrogens is 300 g/mol. The van der Waals surface area contributed by atoms with Gasteiger partial charge in [-0.2, -0.15) is 0 Å². The van der Waals surface area contributed by atoms with Crippen LogP contribution in [0.2, 0.25) is 0 Å². The monoisotopic (exact) mass is 332 g/mol. The normalized spacial score (nSPS) is 17.0. The zero-order chi connectivity index (χ0) is 17.4. The van der Waals surface area contributed by atoms with Crippen LogP contribution in [0.3, 0.4) is 0 Å².